The van der Waals surface area contributed by atoms with E-state index in [-0.39, 0.29) is 135 Å². The molecule has 13 atom stereocenters. The van der Waals surface area contributed by atoms with Crippen LogP contribution in [0.3, 0.4) is 0 Å². The minimum Gasteiger partial charge on any atom is -0.445 e. The number of hydrogen-bond acceptors (Lipinski definition) is 15. The van der Waals surface area contributed by atoms with Crippen molar-refractivity contribution in [3.8, 4) is 0 Å². The molecule has 23 heteroatoms. The van der Waals surface area contributed by atoms with Crippen molar-refractivity contribution >= 4 is 64.9 Å². The Hall–Kier alpha value is -7.11. The summed E-state index contributed by atoms with van der Waals surface area (Å²) in [7, 11) is 6.21. The number of methoxy groups -OCH3 is 2. The largest absolute Gasteiger partial charge is 0.445 e. The Morgan fingerprint density at radius 3 is 1.95 bits per heavy atom. The molecule has 9 amide bonds. The van der Waals surface area contributed by atoms with Gasteiger partial charge in [-0.1, -0.05) is 137 Å². The predicted octanol–water partition coefficient (Wildman–Crippen LogP) is 7.90. The van der Waals surface area contributed by atoms with Crippen molar-refractivity contribution in [1.82, 2.24) is 35.6 Å². The molecule has 2 aromatic carbocycles. The van der Waals surface area contributed by atoms with Crippen LogP contribution < -0.4 is 21.7 Å². The van der Waals surface area contributed by atoms with Gasteiger partial charge in [0.05, 0.1) is 60.9 Å². The van der Waals surface area contributed by atoms with E-state index < -0.39 is 84.3 Å². The number of unbranched alkanes of at least 4 members (excludes halogenated alkanes) is 2. The maximum absolute atomic E-state index is 14.9. The SMILES string of the molecule is CC[C@H](C)C([C@@H](CC(=O)N1CCC[C@H]1[C@H](OC)[C@@H](C)C(=O)N[C@H](C)[C@@H](O)c1ccccc1)OC)N(C)C(=O)[C@@H](CC(=O)[C@H](C(C)C)N(C)C(=O)OCc1ccc(CC(=O)[C@H](CCCNC(N)=O)NC(=O)[C@@H](CC(=O)CCCCCN2C(=O)CC(C)C2=O)C(C)C)cc1)C(C)C. The number of primary amides is 1. The molecular formula is C72H112N8O15. The van der Waals surface area contributed by atoms with Gasteiger partial charge in [0.1, 0.15) is 12.4 Å². The number of amides is 9. The summed E-state index contributed by atoms with van der Waals surface area (Å²) in [6.07, 6.45) is 1.17. The number of carbonyl (C=O) groups is 11. The van der Waals surface area contributed by atoms with Crippen molar-refractivity contribution in [2.24, 2.45) is 53.1 Å². The first kappa shape index (κ1) is 80.3. The summed E-state index contributed by atoms with van der Waals surface area (Å²) in [5.41, 5.74) is 7.15. The van der Waals surface area contributed by atoms with Crippen molar-refractivity contribution in [3.63, 3.8) is 0 Å². The van der Waals surface area contributed by atoms with Crippen molar-refractivity contribution in [1.29, 1.82) is 0 Å². The van der Waals surface area contributed by atoms with E-state index in [0.29, 0.717) is 74.7 Å². The maximum atomic E-state index is 14.9. The number of likely N-dealkylation sites (N-methyl/N-ethyl adjacent to an activating group) is 2. The summed E-state index contributed by atoms with van der Waals surface area (Å²) >= 11 is 0. The lowest BCUT2D eigenvalue weighted by Gasteiger charge is -2.41. The number of urea groups is 1. The minimum absolute atomic E-state index is 0.0281. The van der Waals surface area contributed by atoms with Gasteiger partial charge in [-0.25, -0.2) is 9.59 Å². The van der Waals surface area contributed by atoms with Gasteiger partial charge in [0.15, 0.2) is 11.6 Å². The summed E-state index contributed by atoms with van der Waals surface area (Å²) in [5, 5.41) is 19.3. The van der Waals surface area contributed by atoms with Crippen LogP contribution in [0.5, 0.6) is 0 Å². The molecule has 2 heterocycles. The fourth-order valence-corrected chi connectivity index (χ4v) is 13.3. The van der Waals surface area contributed by atoms with Gasteiger partial charge in [0.2, 0.25) is 35.4 Å². The van der Waals surface area contributed by atoms with Crippen LogP contribution in [0.1, 0.15) is 182 Å². The fourth-order valence-electron chi connectivity index (χ4n) is 13.3. The third-order valence-corrected chi connectivity index (χ3v) is 19.3. The van der Waals surface area contributed by atoms with Gasteiger partial charge in [-0.15, -0.1) is 0 Å². The van der Waals surface area contributed by atoms with Gasteiger partial charge in [0.25, 0.3) is 0 Å². The molecule has 0 spiro atoms. The van der Waals surface area contributed by atoms with E-state index in [2.05, 4.69) is 16.0 Å². The van der Waals surface area contributed by atoms with Gasteiger partial charge in [-0.2, -0.15) is 0 Å². The van der Waals surface area contributed by atoms with Crippen molar-refractivity contribution in [2.45, 2.75) is 221 Å². The lowest BCUT2D eigenvalue weighted by Crippen LogP contribution is -2.55. The van der Waals surface area contributed by atoms with E-state index in [0.717, 1.165) is 0 Å². The number of ketones is 3. The van der Waals surface area contributed by atoms with E-state index in [4.69, 9.17) is 19.9 Å². The Morgan fingerprint density at radius 2 is 1.38 bits per heavy atom. The summed E-state index contributed by atoms with van der Waals surface area (Å²) < 4.78 is 17.8. The molecule has 6 N–H and O–H groups in total. The average molecular weight is 1330 g/mol. The molecule has 0 aromatic heterocycles. The molecule has 2 saturated heterocycles. The zero-order valence-electron chi connectivity index (χ0n) is 59.2. The first-order valence-electron chi connectivity index (χ1n) is 34.3. The summed E-state index contributed by atoms with van der Waals surface area (Å²) in [6.45, 7) is 21.0. The maximum Gasteiger partial charge on any atom is 0.410 e. The van der Waals surface area contributed by atoms with Crippen LogP contribution in [0.4, 0.5) is 9.59 Å². The number of likely N-dealkylation sites (tertiary alicyclic amines) is 2. The van der Waals surface area contributed by atoms with Crippen molar-refractivity contribution < 1.29 is 72.1 Å². The number of imide groups is 1. The number of hydrogen-bond donors (Lipinski definition) is 5. The molecule has 0 saturated carbocycles. The highest BCUT2D eigenvalue weighted by atomic mass is 16.6. The molecule has 0 bridgehead atoms. The number of aliphatic hydroxyl groups is 1. The number of nitrogens with one attached hydrogen (secondary N) is 3. The number of carbonyl (C=O) groups excluding carboxylic acids is 11. The van der Waals surface area contributed by atoms with Crippen LogP contribution in [-0.2, 0) is 70.4 Å². The first-order chi connectivity index (χ1) is 44.9. The first-order valence-corrected chi connectivity index (χ1v) is 34.3. The van der Waals surface area contributed by atoms with Crippen molar-refractivity contribution in [2.75, 3.05) is 47.9 Å². The second-order valence-corrected chi connectivity index (χ2v) is 27.5. The summed E-state index contributed by atoms with van der Waals surface area (Å²) in [5.74, 6) is -5.94. The highest BCUT2D eigenvalue weighted by molar-refractivity contribution is 6.03. The molecule has 2 fully saturated rings. The molecule has 0 radical (unpaired) electrons. The Kier molecular flexibility index (Phi) is 33.1. The normalized spacial score (nSPS) is 18.4. The average Bonchev–Trinajstić information content (AvgIpc) is 1.78. The van der Waals surface area contributed by atoms with Gasteiger partial charge >= 0.3 is 12.1 Å². The van der Waals surface area contributed by atoms with E-state index in [1.54, 1.807) is 74.0 Å². The number of nitrogens with zero attached hydrogens (tertiary/aromatic N) is 4. The Labute approximate surface area is 563 Å². The molecule has 530 valence electrons. The number of rotatable bonds is 41. The van der Waals surface area contributed by atoms with Crippen molar-refractivity contribution in [3.05, 3.63) is 71.3 Å². The topological polar surface area (TPSA) is 311 Å². The molecule has 0 aliphatic carbocycles. The smallest absolute Gasteiger partial charge is 0.410 e. The third kappa shape index (κ3) is 23.6. The highest BCUT2D eigenvalue weighted by Crippen LogP contribution is 2.32. The third-order valence-electron chi connectivity index (χ3n) is 19.3. The van der Waals surface area contributed by atoms with Gasteiger partial charge in [0, 0.05) is 97.8 Å². The molecule has 23 nitrogen and oxygen atoms in total. The molecule has 4 rings (SSSR count). The van der Waals surface area contributed by atoms with Gasteiger partial charge in [-0.05, 0) is 85.8 Å². The highest BCUT2D eigenvalue weighted by Gasteiger charge is 2.44. The van der Waals surface area contributed by atoms with Crippen LogP contribution in [-0.4, -0.2) is 180 Å². The molecule has 2 aromatic rings. The van der Waals surface area contributed by atoms with Crippen LogP contribution in [0, 0.1) is 47.3 Å². The summed E-state index contributed by atoms with van der Waals surface area (Å²) in [6, 6.07) is 11.7. The second kappa shape index (κ2) is 39.2. The van der Waals surface area contributed by atoms with Crippen LogP contribution in [0.15, 0.2) is 54.6 Å². The van der Waals surface area contributed by atoms with Crippen LogP contribution in [0.25, 0.3) is 0 Å². The minimum atomic E-state index is -0.961. The predicted molar refractivity (Wildman–Crippen MR) is 360 cm³/mol. The molecule has 2 unspecified atom stereocenters. The number of Topliss-reactive ketones (excluding diaryl/α,β-unsaturated/α-hetero) is 3. The zero-order valence-corrected chi connectivity index (χ0v) is 59.2. The molecule has 95 heavy (non-hydrogen) atoms. The van der Waals surface area contributed by atoms with E-state index in [1.165, 1.54) is 31.1 Å². The Balaban J connectivity index is 1.37. The van der Waals surface area contributed by atoms with E-state index in [1.807, 2.05) is 73.6 Å². The van der Waals surface area contributed by atoms with Gasteiger partial charge < -0.3 is 55.7 Å². The molecule has 2 aliphatic heterocycles. The lowest BCUT2D eigenvalue weighted by atomic mass is 9.83. The molecule has 2 aliphatic rings. The summed E-state index contributed by atoms with van der Waals surface area (Å²) in [4.78, 5) is 154. The number of nitrogens with two attached hydrogens (primary N) is 1. The standard InChI is InChI=1S/C72H112N8O15/c1-16-46(8)64(60(93-14)41-62(85)79-36-24-29-57(79)66(94-15)48(10)67(87)75-49(11)65(86)52-25-19-17-20-26-52)77(12)70(90)55(44(4)5)40-59(83)63(45(6)7)78(13)72(92)95-42-51-32-30-50(31-33-51)38-58(82)56(28-23-34-74-71(73)91)76-68(88)54(43(2)3)39-53(81)27-21-18-22-35-80-61(84)37-47(9)69(80)89/h17,19-20,25-26,30-33,43-49,54-57,60,63-66,86H,16,18,21-24,27-29,34-42H2,1-15H3,(H,75,87)(H,76,88)(H3,73,74,91)/t46-,47?,48+,49+,54-,55-,56-,57-,60+,63-,64?,65+,66+/m0/s1. The number of ether oxygens (including phenoxy) is 3. The van der Waals surface area contributed by atoms with Crippen LogP contribution in [0.2, 0.25) is 0 Å². The molecular weight excluding hydrogens is 1220 g/mol. The zero-order chi connectivity index (χ0) is 71.0. The number of aliphatic hydroxyl groups excluding tert-OH is 1. The lowest BCUT2D eigenvalue weighted by molar-refractivity contribution is -0.149. The monoisotopic (exact) mass is 1330 g/mol. The quantitative estimate of drug-likeness (QED) is 0.0312. The second-order valence-electron chi connectivity index (χ2n) is 27.5. The van der Waals surface area contributed by atoms with E-state index in [9.17, 15) is 57.8 Å². The van der Waals surface area contributed by atoms with Gasteiger partial charge in [-0.3, -0.25) is 48.1 Å². The fraction of sp³-hybridized carbons (Fsp3) is 0.681. The van der Waals surface area contributed by atoms with E-state index >= 15 is 0 Å². The Morgan fingerprint density at radius 1 is 0.737 bits per heavy atom. The number of benzene rings is 2. The Bertz CT molecular complexity index is 2870. The van der Waals surface area contributed by atoms with Crippen LogP contribution >= 0.6 is 0 Å².